The van der Waals surface area contributed by atoms with Crippen LogP contribution in [0.15, 0.2) is 23.1 Å². The summed E-state index contributed by atoms with van der Waals surface area (Å²) >= 11 is 1.59. The van der Waals surface area contributed by atoms with Gasteiger partial charge in [-0.1, -0.05) is 6.07 Å². The second kappa shape index (κ2) is 4.18. The van der Waals surface area contributed by atoms with E-state index in [1.54, 1.807) is 11.8 Å². The Morgan fingerprint density at radius 1 is 1.33 bits per heavy atom. The third-order valence-corrected chi connectivity index (χ3v) is 2.62. The molecule has 1 aromatic rings. The van der Waals surface area contributed by atoms with Crippen molar-refractivity contribution in [1.29, 1.82) is 0 Å². The molecule has 0 radical (unpaired) electrons. The van der Waals surface area contributed by atoms with E-state index in [1.165, 1.54) is 16.0 Å². The van der Waals surface area contributed by atoms with E-state index < -0.39 is 0 Å². The van der Waals surface area contributed by atoms with Crippen LogP contribution >= 0.6 is 11.8 Å². The Balaban J connectivity index is 2.77. The van der Waals surface area contributed by atoms with Gasteiger partial charge < -0.3 is 4.85 Å². The number of thioether (sulfide) groups is 1. The van der Waals surface area contributed by atoms with Crippen LogP contribution in [0.25, 0.3) is 4.85 Å². The fourth-order valence-corrected chi connectivity index (χ4v) is 1.55. The summed E-state index contributed by atoms with van der Waals surface area (Å²) in [6.45, 7) is 10.8. The summed E-state index contributed by atoms with van der Waals surface area (Å²) in [5.41, 5.74) is 2.60. The lowest BCUT2D eigenvalue weighted by Gasteiger charge is -2.00. The maximum Gasteiger partial charge on any atom is 0.264 e. The van der Waals surface area contributed by atoms with Crippen LogP contribution in [-0.2, 0) is 0 Å². The number of aryl methyl sites for hydroxylation is 2. The van der Waals surface area contributed by atoms with E-state index in [2.05, 4.69) is 36.9 Å². The topological polar surface area (TPSA) is 4.36 Å². The van der Waals surface area contributed by atoms with Crippen molar-refractivity contribution in [2.75, 3.05) is 5.88 Å². The van der Waals surface area contributed by atoms with Crippen molar-refractivity contribution < 1.29 is 0 Å². The molecule has 0 atom stereocenters. The third kappa shape index (κ3) is 2.28. The number of rotatable bonds is 2. The molecular formula is C10H11NS. The van der Waals surface area contributed by atoms with E-state index in [0.29, 0.717) is 5.88 Å². The van der Waals surface area contributed by atoms with Crippen LogP contribution in [0.4, 0.5) is 0 Å². The minimum Gasteiger partial charge on any atom is -0.305 e. The van der Waals surface area contributed by atoms with Gasteiger partial charge in [-0.05, 0) is 48.9 Å². The maximum absolute atomic E-state index is 6.65. The standard InChI is InChI=1S/C10H11NS/c1-8-4-5-10(6-9(8)2)12-7-11-3/h4-6H,7H2,1-2H3. The minimum absolute atomic E-state index is 0.516. The molecule has 0 amide bonds. The average Bonchev–Trinajstić information content (AvgIpc) is 2.07. The Labute approximate surface area is 77.6 Å². The molecule has 0 fully saturated rings. The van der Waals surface area contributed by atoms with Crippen LogP contribution < -0.4 is 0 Å². The van der Waals surface area contributed by atoms with Gasteiger partial charge in [0.05, 0.1) is 0 Å². The molecule has 0 heterocycles. The molecule has 0 unspecified atom stereocenters. The van der Waals surface area contributed by atoms with Crippen LogP contribution in [-0.4, -0.2) is 5.88 Å². The number of nitrogens with zero attached hydrogens (tertiary/aromatic N) is 1. The second-order valence-electron chi connectivity index (χ2n) is 2.68. The number of benzene rings is 1. The molecule has 0 bridgehead atoms. The summed E-state index contributed by atoms with van der Waals surface area (Å²) < 4.78 is 0. The first-order chi connectivity index (χ1) is 5.74. The van der Waals surface area contributed by atoms with Crippen LogP contribution in [0.5, 0.6) is 0 Å². The van der Waals surface area contributed by atoms with Crippen molar-refractivity contribution in [1.82, 2.24) is 0 Å². The van der Waals surface area contributed by atoms with Gasteiger partial charge in [0.25, 0.3) is 5.88 Å². The molecule has 1 nitrogen and oxygen atoms in total. The fraction of sp³-hybridized carbons (Fsp3) is 0.300. The van der Waals surface area contributed by atoms with Gasteiger partial charge in [0.1, 0.15) is 0 Å². The van der Waals surface area contributed by atoms with Crippen molar-refractivity contribution >= 4 is 11.8 Å². The predicted molar refractivity (Wildman–Crippen MR) is 53.2 cm³/mol. The van der Waals surface area contributed by atoms with E-state index in [0.717, 1.165) is 0 Å². The third-order valence-electron chi connectivity index (χ3n) is 1.77. The van der Waals surface area contributed by atoms with Gasteiger partial charge in [0, 0.05) is 4.90 Å². The van der Waals surface area contributed by atoms with Crippen molar-refractivity contribution in [3.8, 4) is 0 Å². The van der Waals surface area contributed by atoms with Crippen LogP contribution in [0, 0.1) is 20.4 Å². The quantitative estimate of drug-likeness (QED) is 0.495. The Morgan fingerprint density at radius 3 is 2.67 bits per heavy atom. The Morgan fingerprint density at radius 2 is 2.08 bits per heavy atom. The second-order valence-corrected chi connectivity index (χ2v) is 3.70. The van der Waals surface area contributed by atoms with Crippen molar-refractivity contribution in [2.45, 2.75) is 18.7 Å². The Kier molecular flexibility index (Phi) is 3.19. The highest BCUT2D eigenvalue weighted by Crippen LogP contribution is 2.20. The molecule has 62 valence electrons. The molecule has 0 N–H and O–H groups in total. The molecule has 0 saturated carbocycles. The van der Waals surface area contributed by atoms with Gasteiger partial charge in [0.2, 0.25) is 0 Å². The highest BCUT2D eigenvalue weighted by Gasteiger charge is 1.97. The summed E-state index contributed by atoms with van der Waals surface area (Å²) in [5.74, 6) is 0.516. The largest absolute Gasteiger partial charge is 0.305 e. The van der Waals surface area contributed by atoms with Crippen molar-refractivity contribution in [2.24, 2.45) is 0 Å². The van der Waals surface area contributed by atoms with Gasteiger partial charge in [0.15, 0.2) is 0 Å². The van der Waals surface area contributed by atoms with Gasteiger partial charge in [-0.15, -0.1) is 0 Å². The van der Waals surface area contributed by atoms with Crippen molar-refractivity contribution in [3.05, 3.63) is 40.7 Å². The molecule has 1 aromatic carbocycles. The smallest absolute Gasteiger partial charge is 0.264 e. The molecule has 0 aliphatic heterocycles. The van der Waals surface area contributed by atoms with E-state index >= 15 is 0 Å². The molecule has 0 spiro atoms. The number of hydrogen-bond acceptors (Lipinski definition) is 1. The van der Waals surface area contributed by atoms with E-state index in [1.807, 2.05) is 0 Å². The van der Waals surface area contributed by atoms with Gasteiger partial charge >= 0.3 is 0 Å². The molecule has 0 aliphatic carbocycles. The highest BCUT2D eigenvalue weighted by molar-refractivity contribution is 7.99. The summed E-state index contributed by atoms with van der Waals surface area (Å²) in [7, 11) is 0. The summed E-state index contributed by atoms with van der Waals surface area (Å²) in [4.78, 5) is 4.49. The lowest BCUT2D eigenvalue weighted by Crippen LogP contribution is -1.80. The lowest BCUT2D eigenvalue weighted by molar-refractivity contribution is 1.28. The number of hydrogen-bond donors (Lipinski definition) is 0. The normalized spacial score (nSPS) is 9.42. The van der Waals surface area contributed by atoms with Gasteiger partial charge in [-0.25, -0.2) is 6.57 Å². The van der Waals surface area contributed by atoms with Crippen LogP contribution in [0.2, 0.25) is 0 Å². The van der Waals surface area contributed by atoms with Gasteiger partial charge in [-0.3, -0.25) is 0 Å². The molecule has 1 rings (SSSR count). The van der Waals surface area contributed by atoms with Crippen molar-refractivity contribution in [3.63, 3.8) is 0 Å². The maximum atomic E-state index is 6.65. The lowest BCUT2D eigenvalue weighted by atomic mass is 10.1. The molecule has 0 saturated heterocycles. The fourth-order valence-electron chi connectivity index (χ4n) is 0.911. The zero-order valence-corrected chi connectivity index (χ0v) is 8.11. The molecule has 12 heavy (non-hydrogen) atoms. The molecule has 0 aliphatic rings. The summed E-state index contributed by atoms with van der Waals surface area (Å²) in [6.07, 6.45) is 0. The Hall–Kier alpha value is -0.940. The zero-order valence-electron chi connectivity index (χ0n) is 7.29. The van der Waals surface area contributed by atoms with E-state index in [9.17, 15) is 0 Å². The van der Waals surface area contributed by atoms with E-state index in [4.69, 9.17) is 6.57 Å². The monoisotopic (exact) mass is 177 g/mol. The first kappa shape index (κ1) is 9.15. The molecule has 2 heteroatoms. The SMILES string of the molecule is [C-]#[N+]CSc1ccc(C)c(C)c1. The minimum atomic E-state index is 0.516. The Bertz CT molecular complexity index is 312. The summed E-state index contributed by atoms with van der Waals surface area (Å²) in [5, 5.41) is 0. The van der Waals surface area contributed by atoms with E-state index in [-0.39, 0.29) is 0 Å². The zero-order chi connectivity index (χ0) is 8.97. The average molecular weight is 177 g/mol. The highest BCUT2D eigenvalue weighted by atomic mass is 32.2. The van der Waals surface area contributed by atoms with Gasteiger partial charge in [-0.2, -0.15) is 0 Å². The first-order valence-corrected chi connectivity index (χ1v) is 4.76. The molecule has 0 aromatic heterocycles. The summed E-state index contributed by atoms with van der Waals surface area (Å²) in [6, 6.07) is 6.30. The predicted octanol–water partition coefficient (Wildman–Crippen LogP) is 3.27. The van der Waals surface area contributed by atoms with Crippen LogP contribution in [0.1, 0.15) is 11.1 Å². The molecular weight excluding hydrogens is 166 g/mol. The van der Waals surface area contributed by atoms with Crippen LogP contribution in [0.3, 0.4) is 0 Å². The first-order valence-electron chi connectivity index (χ1n) is 3.77.